The second-order valence-electron chi connectivity index (χ2n) is 7.10. The van der Waals surface area contributed by atoms with Gasteiger partial charge in [0.1, 0.15) is 11.8 Å². The lowest BCUT2D eigenvalue weighted by atomic mass is 9.97. The van der Waals surface area contributed by atoms with Gasteiger partial charge in [-0.1, -0.05) is 12.1 Å². The first kappa shape index (κ1) is 18.1. The quantitative estimate of drug-likeness (QED) is 0.634. The average Bonchev–Trinajstić information content (AvgIpc) is 3.28. The molecule has 1 aromatic heterocycles. The van der Waals surface area contributed by atoms with Gasteiger partial charge in [-0.3, -0.25) is 4.98 Å². The van der Waals surface area contributed by atoms with Crippen LogP contribution in [0.2, 0.25) is 0 Å². The van der Waals surface area contributed by atoms with Crippen molar-refractivity contribution in [2.24, 2.45) is 0 Å². The van der Waals surface area contributed by atoms with E-state index in [1.54, 1.807) is 7.11 Å². The number of pyridine rings is 1. The molecule has 0 saturated carbocycles. The lowest BCUT2D eigenvalue weighted by Gasteiger charge is -2.18. The number of hydrogen-bond acceptors (Lipinski definition) is 4. The van der Waals surface area contributed by atoms with Crippen molar-refractivity contribution in [2.45, 2.75) is 19.8 Å². The molecule has 0 amide bonds. The van der Waals surface area contributed by atoms with Crippen molar-refractivity contribution < 1.29 is 4.74 Å². The number of nitrogens with zero attached hydrogens (tertiary/aromatic N) is 3. The predicted molar refractivity (Wildman–Crippen MR) is 113 cm³/mol. The van der Waals surface area contributed by atoms with Crippen molar-refractivity contribution in [1.29, 1.82) is 5.26 Å². The molecule has 2 aromatic carbocycles. The molecule has 1 aliphatic heterocycles. The summed E-state index contributed by atoms with van der Waals surface area (Å²) in [6.07, 6.45) is 2.52. The molecule has 0 bridgehead atoms. The first-order valence-electron chi connectivity index (χ1n) is 9.61. The van der Waals surface area contributed by atoms with Crippen molar-refractivity contribution >= 4 is 5.69 Å². The van der Waals surface area contributed by atoms with Crippen LogP contribution in [0.25, 0.3) is 22.4 Å². The Labute approximate surface area is 166 Å². The second kappa shape index (κ2) is 7.74. The number of aromatic nitrogens is 1. The third kappa shape index (κ3) is 3.44. The number of aryl methyl sites for hydroxylation is 1. The Morgan fingerprint density at radius 1 is 0.964 bits per heavy atom. The van der Waals surface area contributed by atoms with Crippen LogP contribution in [0.3, 0.4) is 0 Å². The van der Waals surface area contributed by atoms with Crippen LogP contribution in [-0.2, 0) is 0 Å². The van der Waals surface area contributed by atoms with E-state index in [-0.39, 0.29) is 0 Å². The minimum Gasteiger partial charge on any atom is -0.497 e. The van der Waals surface area contributed by atoms with Crippen LogP contribution in [-0.4, -0.2) is 25.2 Å². The predicted octanol–water partition coefficient (Wildman–Crippen LogP) is 5.20. The Hall–Kier alpha value is -3.32. The summed E-state index contributed by atoms with van der Waals surface area (Å²) in [5, 5.41) is 9.70. The zero-order valence-corrected chi connectivity index (χ0v) is 16.3. The fraction of sp³-hybridized carbons (Fsp3) is 0.250. The molecule has 28 heavy (non-hydrogen) atoms. The van der Waals surface area contributed by atoms with Gasteiger partial charge >= 0.3 is 0 Å². The highest BCUT2D eigenvalue weighted by molar-refractivity contribution is 5.77. The summed E-state index contributed by atoms with van der Waals surface area (Å²) >= 11 is 0. The molecule has 4 nitrogen and oxygen atoms in total. The highest BCUT2D eigenvalue weighted by atomic mass is 16.5. The maximum atomic E-state index is 9.70. The van der Waals surface area contributed by atoms with Gasteiger partial charge in [0.25, 0.3) is 0 Å². The van der Waals surface area contributed by atoms with Gasteiger partial charge in [0.2, 0.25) is 0 Å². The molecule has 1 saturated heterocycles. The summed E-state index contributed by atoms with van der Waals surface area (Å²) in [7, 11) is 1.66. The standard InChI is InChI=1S/C24H23N3O/c1-17-23(16-25)22(15-24(26-17)19-7-11-21(28-2)12-8-19)18-5-9-20(10-6-18)27-13-3-4-14-27/h5-12,15H,3-4,13-14H2,1-2H3. The molecular formula is C24H23N3O. The topological polar surface area (TPSA) is 49.1 Å². The van der Waals surface area contributed by atoms with Gasteiger partial charge in [-0.05, 0) is 67.8 Å². The number of rotatable bonds is 4. The van der Waals surface area contributed by atoms with Gasteiger partial charge in [0.15, 0.2) is 0 Å². The summed E-state index contributed by atoms with van der Waals surface area (Å²) in [5.74, 6) is 0.812. The van der Waals surface area contributed by atoms with Crippen LogP contribution in [0.5, 0.6) is 5.75 Å². The number of benzene rings is 2. The average molecular weight is 369 g/mol. The molecule has 1 aliphatic rings. The van der Waals surface area contributed by atoms with E-state index < -0.39 is 0 Å². The molecule has 140 valence electrons. The Balaban J connectivity index is 1.74. The van der Waals surface area contributed by atoms with Gasteiger partial charge in [0, 0.05) is 29.9 Å². The monoisotopic (exact) mass is 369 g/mol. The Morgan fingerprint density at radius 2 is 1.61 bits per heavy atom. The zero-order chi connectivity index (χ0) is 19.5. The molecule has 0 aliphatic carbocycles. The lowest BCUT2D eigenvalue weighted by Crippen LogP contribution is -2.17. The maximum absolute atomic E-state index is 9.70. The molecule has 2 heterocycles. The van der Waals surface area contributed by atoms with Crippen LogP contribution in [0, 0.1) is 18.3 Å². The molecule has 4 heteroatoms. The maximum Gasteiger partial charge on any atom is 0.118 e. The van der Waals surface area contributed by atoms with E-state index >= 15 is 0 Å². The minimum atomic E-state index is 0.631. The normalized spacial score (nSPS) is 13.4. The first-order chi connectivity index (χ1) is 13.7. The molecule has 0 atom stereocenters. The van der Waals surface area contributed by atoms with Gasteiger partial charge in [-0.2, -0.15) is 5.26 Å². The fourth-order valence-corrected chi connectivity index (χ4v) is 3.78. The van der Waals surface area contributed by atoms with E-state index in [0.29, 0.717) is 5.56 Å². The van der Waals surface area contributed by atoms with Crippen LogP contribution in [0.1, 0.15) is 24.1 Å². The van der Waals surface area contributed by atoms with E-state index in [1.165, 1.54) is 18.5 Å². The summed E-state index contributed by atoms with van der Waals surface area (Å²) in [6.45, 7) is 4.14. The van der Waals surface area contributed by atoms with Crippen molar-refractivity contribution in [3.8, 4) is 34.2 Å². The second-order valence-corrected chi connectivity index (χ2v) is 7.10. The first-order valence-corrected chi connectivity index (χ1v) is 9.61. The number of ether oxygens (including phenoxy) is 1. The third-order valence-electron chi connectivity index (χ3n) is 5.35. The molecule has 1 fully saturated rings. The van der Waals surface area contributed by atoms with Crippen molar-refractivity contribution in [1.82, 2.24) is 4.98 Å². The smallest absolute Gasteiger partial charge is 0.118 e. The van der Waals surface area contributed by atoms with E-state index in [2.05, 4.69) is 40.2 Å². The molecule has 0 radical (unpaired) electrons. The largest absolute Gasteiger partial charge is 0.497 e. The van der Waals surface area contributed by atoms with Crippen LogP contribution in [0.4, 0.5) is 5.69 Å². The molecule has 0 spiro atoms. The molecule has 4 rings (SSSR count). The molecule has 0 N–H and O–H groups in total. The van der Waals surface area contributed by atoms with E-state index in [9.17, 15) is 5.26 Å². The summed E-state index contributed by atoms with van der Waals surface area (Å²) in [4.78, 5) is 7.08. The Morgan fingerprint density at radius 3 is 2.21 bits per heavy atom. The van der Waals surface area contributed by atoms with Crippen LogP contribution >= 0.6 is 0 Å². The van der Waals surface area contributed by atoms with Crippen LogP contribution < -0.4 is 9.64 Å². The van der Waals surface area contributed by atoms with E-state index in [1.807, 2.05) is 37.3 Å². The molecule has 0 unspecified atom stereocenters. The highest BCUT2D eigenvalue weighted by Crippen LogP contribution is 2.32. The number of methoxy groups -OCH3 is 1. The van der Waals surface area contributed by atoms with E-state index in [4.69, 9.17) is 4.74 Å². The third-order valence-corrected chi connectivity index (χ3v) is 5.35. The number of nitriles is 1. The summed E-state index contributed by atoms with van der Waals surface area (Å²) in [6, 6.07) is 20.7. The SMILES string of the molecule is COc1ccc(-c2cc(-c3ccc(N4CCCC4)cc3)c(C#N)c(C)n2)cc1. The van der Waals surface area contributed by atoms with Crippen molar-refractivity contribution in [2.75, 3.05) is 25.1 Å². The number of hydrogen-bond donors (Lipinski definition) is 0. The lowest BCUT2D eigenvalue weighted by molar-refractivity contribution is 0.415. The van der Waals surface area contributed by atoms with Gasteiger partial charge in [-0.15, -0.1) is 0 Å². The fourth-order valence-electron chi connectivity index (χ4n) is 3.78. The van der Waals surface area contributed by atoms with E-state index in [0.717, 1.165) is 46.9 Å². The van der Waals surface area contributed by atoms with Gasteiger partial charge in [-0.25, -0.2) is 0 Å². The summed E-state index contributed by atoms with van der Waals surface area (Å²) < 4.78 is 5.24. The summed E-state index contributed by atoms with van der Waals surface area (Å²) in [5.41, 5.74) is 6.45. The molecular weight excluding hydrogens is 346 g/mol. The van der Waals surface area contributed by atoms with Crippen LogP contribution in [0.15, 0.2) is 54.6 Å². The van der Waals surface area contributed by atoms with Gasteiger partial charge in [0.05, 0.1) is 24.1 Å². The van der Waals surface area contributed by atoms with Crippen molar-refractivity contribution in [3.63, 3.8) is 0 Å². The van der Waals surface area contributed by atoms with Crippen molar-refractivity contribution in [3.05, 3.63) is 65.9 Å². The Kier molecular flexibility index (Phi) is 4.99. The van der Waals surface area contributed by atoms with Gasteiger partial charge < -0.3 is 9.64 Å². The molecule has 3 aromatic rings. The Bertz CT molecular complexity index is 1010. The highest BCUT2D eigenvalue weighted by Gasteiger charge is 2.15. The minimum absolute atomic E-state index is 0.631. The zero-order valence-electron chi connectivity index (χ0n) is 16.3. The number of anilines is 1.